The summed E-state index contributed by atoms with van der Waals surface area (Å²) in [5.74, 6) is 0.339. The minimum Gasteiger partial charge on any atom is -0.318 e. The van der Waals surface area contributed by atoms with Crippen LogP contribution in [0.3, 0.4) is 0 Å². The molecule has 1 atom stereocenters. The van der Waals surface area contributed by atoms with Crippen molar-refractivity contribution >= 4 is 0 Å². The van der Waals surface area contributed by atoms with Crippen molar-refractivity contribution in [2.75, 3.05) is 0 Å². The third-order valence-corrected chi connectivity index (χ3v) is 4.43. The van der Waals surface area contributed by atoms with Crippen LogP contribution in [0.2, 0.25) is 0 Å². The Balaban J connectivity index is 2.02. The molecule has 1 nitrogen and oxygen atoms in total. The first-order chi connectivity index (χ1) is 9.50. The number of nitrogens with two attached hydrogens (primary N) is 1. The van der Waals surface area contributed by atoms with Gasteiger partial charge in [0.1, 0.15) is 5.82 Å². The van der Waals surface area contributed by atoms with Gasteiger partial charge in [-0.1, -0.05) is 44.2 Å². The molecule has 0 spiro atoms. The summed E-state index contributed by atoms with van der Waals surface area (Å²) in [5, 5.41) is 0. The van der Waals surface area contributed by atoms with Crippen molar-refractivity contribution in [3.05, 3.63) is 70.5 Å². The number of halogens is 1. The topological polar surface area (TPSA) is 26.0 Å². The van der Waals surface area contributed by atoms with E-state index in [9.17, 15) is 4.39 Å². The van der Waals surface area contributed by atoms with E-state index in [1.807, 2.05) is 6.07 Å². The fourth-order valence-electron chi connectivity index (χ4n) is 3.14. The molecule has 2 aromatic carbocycles. The standard InChI is InChI=1S/C18H20FN/c1-12(2)13-3-5-15(6-4-13)18(20)10-9-14-11-16(19)7-8-17(14)18/h3-8,11-12H,9-10,20H2,1-2H3. The summed E-state index contributed by atoms with van der Waals surface area (Å²) in [7, 11) is 0. The van der Waals surface area contributed by atoms with Crippen molar-refractivity contribution in [2.24, 2.45) is 5.73 Å². The predicted molar refractivity (Wildman–Crippen MR) is 80.2 cm³/mol. The highest BCUT2D eigenvalue weighted by Gasteiger charge is 2.36. The number of benzene rings is 2. The van der Waals surface area contributed by atoms with E-state index < -0.39 is 5.54 Å². The molecule has 0 saturated heterocycles. The van der Waals surface area contributed by atoms with Crippen LogP contribution in [0.15, 0.2) is 42.5 Å². The molecule has 0 heterocycles. The van der Waals surface area contributed by atoms with Crippen LogP contribution in [-0.4, -0.2) is 0 Å². The first kappa shape index (κ1) is 13.3. The molecule has 2 N–H and O–H groups in total. The van der Waals surface area contributed by atoms with Crippen molar-refractivity contribution in [3.8, 4) is 0 Å². The van der Waals surface area contributed by atoms with Crippen LogP contribution in [-0.2, 0) is 12.0 Å². The van der Waals surface area contributed by atoms with Gasteiger partial charge in [0.05, 0.1) is 5.54 Å². The van der Waals surface area contributed by atoms with Gasteiger partial charge in [-0.15, -0.1) is 0 Å². The summed E-state index contributed by atoms with van der Waals surface area (Å²) in [6.07, 6.45) is 1.68. The molecule has 0 aliphatic heterocycles. The maximum absolute atomic E-state index is 13.3. The van der Waals surface area contributed by atoms with Crippen LogP contribution in [0.25, 0.3) is 0 Å². The summed E-state index contributed by atoms with van der Waals surface area (Å²) >= 11 is 0. The van der Waals surface area contributed by atoms with Crippen molar-refractivity contribution in [3.63, 3.8) is 0 Å². The van der Waals surface area contributed by atoms with Gasteiger partial charge in [0.25, 0.3) is 0 Å². The third-order valence-electron chi connectivity index (χ3n) is 4.43. The number of fused-ring (bicyclic) bond motifs is 1. The summed E-state index contributed by atoms with van der Waals surface area (Å²) in [6, 6.07) is 13.5. The van der Waals surface area contributed by atoms with Gasteiger partial charge in [0, 0.05) is 0 Å². The van der Waals surface area contributed by atoms with E-state index in [1.54, 1.807) is 6.07 Å². The molecule has 2 aromatic rings. The fraction of sp³-hybridized carbons (Fsp3) is 0.333. The molecule has 1 unspecified atom stereocenters. The van der Waals surface area contributed by atoms with Gasteiger partial charge in [-0.3, -0.25) is 0 Å². The van der Waals surface area contributed by atoms with E-state index in [0.717, 1.165) is 29.5 Å². The Morgan fingerprint density at radius 1 is 1.10 bits per heavy atom. The third kappa shape index (κ3) is 2.04. The highest BCUT2D eigenvalue weighted by Crippen LogP contribution is 2.40. The Labute approximate surface area is 119 Å². The lowest BCUT2D eigenvalue weighted by atomic mass is 9.84. The smallest absolute Gasteiger partial charge is 0.123 e. The van der Waals surface area contributed by atoms with Crippen LogP contribution in [0, 0.1) is 5.82 Å². The molecule has 20 heavy (non-hydrogen) atoms. The van der Waals surface area contributed by atoms with Gasteiger partial charge < -0.3 is 5.73 Å². The molecule has 0 saturated carbocycles. The molecular formula is C18H20FN. The molecular weight excluding hydrogens is 249 g/mol. The fourth-order valence-corrected chi connectivity index (χ4v) is 3.14. The molecule has 2 heteroatoms. The Hall–Kier alpha value is -1.67. The summed E-state index contributed by atoms with van der Waals surface area (Å²) < 4.78 is 13.3. The zero-order chi connectivity index (χ0) is 14.3. The van der Waals surface area contributed by atoms with Gasteiger partial charge in [-0.2, -0.15) is 0 Å². The lowest BCUT2D eigenvalue weighted by Gasteiger charge is -2.26. The highest BCUT2D eigenvalue weighted by atomic mass is 19.1. The van der Waals surface area contributed by atoms with Gasteiger partial charge in [-0.25, -0.2) is 4.39 Å². The molecule has 0 aromatic heterocycles. The van der Waals surface area contributed by atoms with Gasteiger partial charge in [0.2, 0.25) is 0 Å². The Morgan fingerprint density at radius 3 is 2.45 bits per heavy atom. The summed E-state index contributed by atoms with van der Waals surface area (Å²) in [4.78, 5) is 0. The SMILES string of the molecule is CC(C)c1ccc(C2(N)CCc3cc(F)ccc32)cc1. The van der Waals surface area contributed by atoms with Gasteiger partial charge in [-0.05, 0) is 53.1 Å². The number of rotatable bonds is 2. The average molecular weight is 269 g/mol. The Kier molecular flexibility index (Phi) is 3.14. The van der Waals surface area contributed by atoms with E-state index in [-0.39, 0.29) is 5.82 Å². The van der Waals surface area contributed by atoms with E-state index >= 15 is 0 Å². The molecule has 1 aliphatic carbocycles. The van der Waals surface area contributed by atoms with Crippen LogP contribution >= 0.6 is 0 Å². The van der Waals surface area contributed by atoms with Crippen molar-refractivity contribution in [1.29, 1.82) is 0 Å². The molecule has 0 radical (unpaired) electrons. The Morgan fingerprint density at radius 2 is 1.80 bits per heavy atom. The second-order valence-electron chi connectivity index (χ2n) is 6.05. The zero-order valence-electron chi connectivity index (χ0n) is 12.0. The van der Waals surface area contributed by atoms with Crippen LogP contribution < -0.4 is 5.73 Å². The minimum atomic E-state index is -0.474. The normalized spacial score (nSPS) is 21.2. The maximum Gasteiger partial charge on any atom is 0.123 e. The second kappa shape index (κ2) is 4.71. The summed E-state index contributed by atoms with van der Waals surface area (Å²) in [5.41, 5.74) is 10.7. The molecule has 0 bridgehead atoms. The first-order valence-corrected chi connectivity index (χ1v) is 7.19. The average Bonchev–Trinajstić information content (AvgIpc) is 2.77. The quantitative estimate of drug-likeness (QED) is 0.872. The van der Waals surface area contributed by atoms with Gasteiger partial charge in [0.15, 0.2) is 0 Å². The molecule has 0 fully saturated rings. The Bertz CT molecular complexity index is 630. The lowest BCUT2D eigenvalue weighted by Crippen LogP contribution is -2.35. The van der Waals surface area contributed by atoms with Crippen molar-refractivity contribution < 1.29 is 4.39 Å². The molecule has 0 amide bonds. The largest absolute Gasteiger partial charge is 0.318 e. The van der Waals surface area contributed by atoms with Crippen molar-refractivity contribution in [2.45, 2.75) is 38.1 Å². The maximum atomic E-state index is 13.3. The zero-order valence-corrected chi connectivity index (χ0v) is 12.0. The first-order valence-electron chi connectivity index (χ1n) is 7.19. The van der Waals surface area contributed by atoms with E-state index in [1.165, 1.54) is 11.6 Å². The minimum absolute atomic E-state index is 0.178. The summed E-state index contributed by atoms with van der Waals surface area (Å²) in [6.45, 7) is 4.36. The monoisotopic (exact) mass is 269 g/mol. The van der Waals surface area contributed by atoms with E-state index in [2.05, 4.69) is 38.1 Å². The number of aryl methyl sites for hydroxylation is 1. The highest BCUT2D eigenvalue weighted by molar-refractivity contribution is 5.47. The van der Waals surface area contributed by atoms with Crippen molar-refractivity contribution in [1.82, 2.24) is 0 Å². The lowest BCUT2D eigenvalue weighted by molar-refractivity contribution is 0.534. The number of hydrogen-bond acceptors (Lipinski definition) is 1. The van der Waals surface area contributed by atoms with E-state index in [4.69, 9.17) is 5.73 Å². The molecule has 1 aliphatic rings. The second-order valence-corrected chi connectivity index (χ2v) is 6.05. The molecule has 104 valence electrons. The van der Waals surface area contributed by atoms with Gasteiger partial charge >= 0.3 is 0 Å². The van der Waals surface area contributed by atoms with Crippen LogP contribution in [0.4, 0.5) is 4.39 Å². The number of hydrogen-bond donors (Lipinski definition) is 1. The van der Waals surface area contributed by atoms with Crippen LogP contribution in [0.5, 0.6) is 0 Å². The van der Waals surface area contributed by atoms with Crippen LogP contribution in [0.1, 0.15) is 48.4 Å². The predicted octanol–water partition coefficient (Wildman–Crippen LogP) is 4.10. The van der Waals surface area contributed by atoms with E-state index in [0.29, 0.717) is 5.92 Å². The molecule has 3 rings (SSSR count).